The van der Waals surface area contributed by atoms with Crippen LogP contribution in [0.25, 0.3) is 0 Å². The van der Waals surface area contributed by atoms with Gasteiger partial charge in [-0.15, -0.1) is 11.3 Å². The molecular weight excluding hydrogens is 332 g/mol. The van der Waals surface area contributed by atoms with Crippen LogP contribution in [-0.2, 0) is 15.1 Å². The fourth-order valence-electron chi connectivity index (χ4n) is 2.22. The van der Waals surface area contributed by atoms with Crippen LogP contribution in [0.15, 0.2) is 17.5 Å². The molecule has 9 heteroatoms. The van der Waals surface area contributed by atoms with Crippen molar-refractivity contribution in [3.63, 3.8) is 0 Å². The van der Waals surface area contributed by atoms with E-state index in [1.54, 1.807) is 24.4 Å². The van der Waals surface area contributed by atoms with Crippen molar-refractivity contribution in [3.05, 3.63) is 22.4 Å². The summed E-state index contributed by atoms with van der Waals surface area (Å²) in [5, 5.41) is 9.03. The van der Waals surface area contributed by atoms with Crippen LogP contribution < -0.4 is 16.0 Å². The highest BCUT2D eigenvalue weighted by Crippen LogP contribution is 2.31. The molecule has 0 aromatic carbocycles. The minimum absolute atomic E-state index is 0.239. The molecule has 1 aliphatic heterocycles. The van der Waals surface area contributed by atoms with Crippen LogP contribution >= 0.6 is 11.3 Å². The van der Waals surface area contributed by atoms with Gasteiger partial charge in [0.2, 0.25) is 5.91 Å². The van der Waals surface area contributed by atoms with Gasteiger partial charge in [-0.05, 0) is 24.3 Å². The summed E-state index contributed by atoms with van der Waals surface area (Å²) in [5.74, 6) is -1.01. The first-order chi connectivity index (χ1) is 11.2. The number of nitrogens with zero attached hydrogens (tertiary/aromatic N) is 1. The third-order valence-electron chi connectivity index (χ3n) is 3.51. The highest BCUT2D eigenvalue weighted by Gasteiger charge is 2.50. The number of hydrogen-bond acceptors (Lipinski definition) is 5. The van der Waals surface area contributed by atoms with Gasteiger partial charge < -0.3 is 10.6 Å². The minimum atomic E-state index is -1.19. The number of nitrogens with one attached hydrogen (secondary N) is 3. The van der Waals surface area contributed by atoms with E-state index in [1.807, 2.05) is 13.8 Å². The Kier molecular flexibility index (Phi) is 5.23. The van der Waals surface area contributed by atoms with Gasteiger partial charge in [0.05, 0.1) is 0 Å². The molecule has 0 spiro atoms. The SMILES string of the molecule is CC(C)CNC(=O)NC(=O)CN1C(=O)N[C@](C)(c2cccs2)C1=O. The van der Waals surface area contributed by atoms with E-state index in [2.05, 4.69) is 16.0 Å². The van der Waals surface area contributed by atoms with Crippen LogP contribution in [0, 0.1) is 5.92 Å². The van der Waals surface area contributed by atoms with Crippen LogP contribution in [0.5, 0.6) is 0 Å². The smallest absolute Gasteiger partial charge is 0.325 e. The molecule has 24 heavy (non-hydrogen) atoms. The molecule has 2 heterocycles. The Bertz CT molecular complexity index is 658. The molecule has 1 fully saturated rings. The molecule has 6 amide bonds. The molecule has 8 nitrogen and oxygen atoms in total. The van der Waals surface area contributed by atoms with Gasteiger partial charge in [0.1, 0.15) is 6.54 Å². The van der Waals surface area contributed by atoms with Crippen molar-refractivity contribution in [1.82, 2.24) is 20.9 Å². The van der Waals surface area contributed by atoms with Gasteiger partial charge in [-0.25, -0.2) is 9.59 Å². The van der Waals surface area contributed by atoms with E-state index < -0.39 is 36.0 Å². The monoisotopic (exact) mass is 352 g/mol. The summed E-state index contributed by atoms with van der Waals surface area (Å²) in [5.41, 5.74) is -1.19. The maximum absolute atomic E-state index is 12.5. The van der Waals surface area contributed by atoms with E-state index in [0.29, 0.717) is 11.4 Å². The first kappa shape index (κ1) is 17.9. The van der Waals surface area contributed by atoms with Crippen molar-refractivity contribution in [2.24, 2.45) is 5.92 Å². The number of thiophene rings is 1. The maximum atomic E-state index is 12.5. The van der Waals surface area contributed by atoms with Crippen molar-refractivity contribution in [1.29, 1.82) is 0 Å². The topological polar surface area (TPSA) is 108 Å². The van der Waals surface area contributed by atoms with Gasteiger partial charge in [-0.1, -0.05) is 19.9 Å². The molecule has 0 bridgehead atoms. The quantitative estimate of drug-likeness (QED) is 0.687. The van der Waals surface area contributed by atoms with Crippen LogP contribution in [0.1, 0.15) is 25.6 Å². The van der Waals surface area contributed by atoms with Gasteiger partial charge >= 0.3 is 12.1 Å². The largest absolute Gasteiger partial charge is 0.338 e. The zero-order chi connectivity index (χ0) is 17.9. The Balaban J connectivity index is 1.97. The summed E-state index contributed by atoms with van der Waals surface area (Å²) in [7, 11) is 0. The molecule has 3 N–H and O–H groups in total. The van der Waals surface area contributed by atoms with Gasteiger partial charge in [-0.2, -0.15) is 0 Å². The Labute approximate surface area is 143 Å². The molecule has 130 valence electrons. The fourth-order valence-corrected chi connectivity index (χ4v) is 3.06. The lowest BCUT2D eigenvalue weighted by molar-refractivity contribution is -0.134. The molecular formula is C15H20N4O4S. The van der Waals surface area contributed by atoms with E-state index in [1.165, 1.54) is 11.3 Å². The fraction of sp³-hybridized carbons (Fsp3) is 0.467. The molecule has 1 saturated heterocycles. The molecule has 1 atom stereocenters. The second-order valence-corrected chi connectivity index (χ2v) is 7.02. The summed E-state index contributed by atoms with van der Waals surface area (Å²) in [6.07, 6.45) is 0. The van der Waals surface area contributed by atoms with Crippen molar-refractivity contribution < 1.29 is 19.2 Å². The third kappa shape index (κ3) is 3.73. The number of carbonyl (C=O) groups is 4. The summed E-state index contributed by atoms with van der Waals surface area (Å²) < 4.78 is 0. The van der Waals surface area contributed by atoms with Crippen LogP contribution in [-0.4, -0.2) is 41.9 Å². The van der Waals surface area contributed by atoms with E-state index in [4.69, 9.17) is 0 Å². The van der Waals surface area contributed by atoms with Crippen molar-refractivity contribution >= 4 is 35.2 Å². The number of rotatable bonds is 5. The number of hydrogen-bond donors (Lipinski definition) is 3. The van der Waals surface area contributed by atoms with Crippen molar-refractivity contribution in [3.8, 4) is 0 Å². The predicted molar refractivity (Wildman–Crippen MR) is 88.3 cm³/mol. The average molecular weight is 352 g/mol. The number of imide groups is 2. The van der Waals surface area contributed by atoms with Crippen LogP contribution in [0.3, 0.4) is 0 Å². The summed E-state index contributed by atoms with van der Waals surface area (Å²) in [6.45, 7) is 5.33. The van der Waals surface area contributed by atoms with Gasteiger partial charge in [0.25, 0.3) is 5.91 Å². The standard InChI is InChI=1S/C15H20N4O4S/c1-9(2)7-16-13(22)17-11(20)8-19-12(21)15(3,18-14(19)23)10-5-4-6-24-10/h4-6,9H,7-8H2,1-3H3,(H,18,23)(H2,16,17,20,22)/t15-/m1/s1. The van der Waals surface area contributed by atoms with Gasteiger partial charge in [-0.3, -0.25) is 19.8 Å². The second-order valence-electron chi connectivity index (χ2n) is 6.08. The van der Waals surface area contributed by atoms with Crippen LogP contribution in [0.2, 0.25) is 0 Å². The molecule has 0 unspecified atom stereocenters. The minimum Gasteiger partial charge on any atom is -0.338 e. The predicted octanol–water partition coefficient (Wildman–Crippen LogP) is 0.997. The number of urea groups is 2. The van der Waals surface area contributed by atoms with E-state index in [9.17, 15) is 19.2 Å². The average Bonchev–Trinajstić information content (AvgIpc) is 3.10. The molecule has 2 rings (SSSR count). The molecule has 0 saturated carbocycles. The lowest BCUT2D eigenvalue weighted by Gasteiger charge is -2.19. The van der Waals surface area contributed by atoms with Gasteiger partial charge in [0, 0.05) is 11.4 Å². The first-order valence-corrected chi connectivity index (χ1v) is 8.37. The zero-order valence-electron chi connectivity index (χ0n) is 13.7. The Morgan fingerprint density at radius 3 is 2.67 bits per heavy atom. The second kappa shape index (κ2) is 7.00. The molecule has 0 aliphatic carbocycles. The molecule has 1 aromatic heterocycles. The maximum Gasteiger partial charge on any atom is 0.325 e. The van der Waals surface area contributed by atoms with E-state index in [0.717, 1.165) is 4.90 Å². The Morgan fingerprint density at radius 1 is 1.38 bits per heavy atom. The first-order valence-electron chi connectivity index (χ1n) is 7.50. The summed E-state index contributed by atoms with van der Waals surface area (Å²) >= 11 is 1.34. The Morgan fingerprint density at radius 2 is 2.08 bits per heavy atom. The Hall–Kier alpha value is -2.42. The lowest BCUT2D eigenvalue weighted by Crippen LogP contribution is -2.47. The van der Waals surface area contributed by atoms with Gasteiger partial charge in [0.15, 0.2) is 5.54 Å². The summed E-state index contributed by atoms with van der Waals surface area (Å²) in [4.78, 5) is 49.5. The zero-order valence-corrected chi connectivity index (χ0v) is 14.5. The normalized spacial score (nSPS) is 20.2. The van der Waals surface area contributed by atoms with Crippen molar-refractivity contribution in [2.45, 2.75) is 26.3 Å². The highest BCUT2D eigenvalue weighted by atomic mass is 32.1. The van der Waals surface area contributed by atoms with E-state index >= 15 is 0 Å². The van der Waals surface area contributed by atoms with Crippen molar-refractivity contribution in [2.75, 3.05) is 13.1 Å². The number of carbonyl (C=O) groups excluding carboxylic acids is 4. The molecule has 0 radical (unpaired) electrons. The molecule has 1 aromatic rings. The van der Waals surface area contributed by atoms with Crippen LogP contribution in [0.4, 0.5) is 9.59 Å². The summed E-state index contributed by atoms with van der Waals surface area (Å²) in [6, 6.07) is 2.21. The highest BCUT2D eigenvalue weighted by molar-refractivity contribution is 7.10. The third-order valence-corrected chi connectivity index (χ3v) is 4.61. The number of amides is 6. The van der Waals surface area contributed by atoms with E-state index in [-0.39, 0.29) is 5.92 Å². The molecule has 1 aliphatic rings. The lowest BCUT2D eigenvalue weighted by atomic mass is 10.0.